The van der Waals surface area contributed by atoms with Gasteiger partial charge in [-0.25, -0.2) is 4.79 Å². The average Bonchev–Trinajstić information content (AvgIpc) is 3.26. The van der Waals surface area contributed by atoms with E-state index >= 15 is 0 Å². The molecular formula is C17H31ClN4O2. The summed E-state index contributed by atoms with van der Waals surface area (Å²) in [6, 6.07) is 0.148. The van der Waals surface area contributed by atoms with Gasteiger partial charge >= 0.3 is 6.03 Å². The molecule has 0 aromatic rings. The molecule has 0 aliphatic carbocycles. The molecule has 0 aromatic heterocycles. The molecular weight excluding hydrogens is 328 g/mol. The van der Waals surface area contributed by atoms with E-state index in [1.54, 1.807) is 0 Å². The van der Waals surface area contributed by atoms with E-state index in [0.29, 0.717) is 12.5 Å². The highest BCUT2D eigenvalue weighted by molar-refractivity contribution is 5.85. The van der Waals surface area contributed by atoms with Gasteiger partial charge in [0.1, 0.15) is 0 Å². The Balaban J connectivity index is 0.00000208. The quantitative estimate of drug-likeness (QED) is 0.829. The minimum absolute atomic E-state index is 0. The Morgan fingerprint density at radius 1 is 0.917 bits per heavy atom. The number of nitrogens with zero attached hydrogens (tertiary/aromatic N) is 3. The molecule has 3 saturated heterocycles. The maximum Gasteiger partial charge on any atom is 0.320 e. The summed E-state index contributed by atoms with van der Waals surface area (Å²) < 4.78 is 0. The van der Waals surface area contributed by atoms with Crippen molar-refractivity contribution in [3.8, 4) is 0 Å². The van der Waals surface area contributed by atoms with Crippen molar-refractivity contribution in [3.05, 3.63) is 0 Å². The van der Waals surface area contributed by atoms with E-state index in [4.69, 9.17) is 0 Å². The Kier molecular flexibility index (Phi) is 7.16. The first-order valence-electron chi connectivity index (χ1n) is 9.16. The maximum atomic E-state index is 12.8. The fraction of sp³-hybridized carbons (Fsp3) is 0.882. The van der Waals surface area contributed by atoms with Gasteiger partial charge in [-0.15, -0.1) is 12.4 Å². The smallest absolute Gasteiger partial charge is 0.320 e. The standard InChI is InChI=1S/C17H30N4O2.ClH/c1-18-11-14-6-10-20(12-14)16(22)15-5-4-9-21(13-15)17(23)19-7-2-3-8-19;/h14-15,18H,2-13H2,1H3;1H. The number of amides is 3. The van der Waals surface area contributed by atoms with Gasteiger partial charge < -0.3 is 20.0 Å². The normalized spacial score (nSPS) is 27.3. The molecule has 0 saturated carbocycles. The van der Waals surface area contributed by atoms with Crippen molar-refractivity contribution in [1.82, 2.24) is 20.0 Å². The summed E-state index contributed by atoms with van der Waals surface area (Å²) in [7, 11) is 1.97. The topological polar surface area (TPSA) is 55.9 Å². The third-order valence-corrected chi connectivity index (χ3v) is 5.51. The fourth-order valence-electron chi connectivity index (χ4n) is 4.21. The highest BCUT2D eigenvalue weighted by Gasteiger charge is 2.35. The van der Waals surface area contributed by atoms with Gasteiger partial charge in [0.25, 0.3) is 0 Å². The van der Waals surface area contributed by atoms with Crippen molar-refractivity contribution in [2.45, 2.75) is 32.1 Å². The van der Waals surface area contributed by atoms with E-state index < -0.39 is 0 Å². The van der Waals surface area contributed by atoms with Crippen LogP contribution in [0, 0.1) is 11.8 Å². The Hall–Kier alpha value is -1.01. The second kappa shape index (κ2) is 8.90. The van der Waals surface area contributed by atoms with Crippen molar-refractivity contribution in [1.29, 1.82) is 0 Å². The lowest BCUT2D eigenvalue weighted by Crippen LogP contribution is -2.50. The van der Waals surface area contributed by atoms with Gasteiger partial charge in [0.2, 0.25) is 5.91 Å². The van der Waals surface area contributed by atoms with Gasteiger partial charge in [0.05, 0.1) is 5.92 Å². The predicted octanol–water partition coefficient (Wildman–Crippen LogP) is 1.40. The van der Waals surface area contributed by atoms with E-state index in [-0.39, 0.29) is 30.3 Å². The number of urea groups is 1. The lowest BCUT2D eigenvalue weighted by atomic mass is 9.96. The van der Waals surface area contributed by atoms with Crippen LogP contribution in [0.25, 0.3) is 0 Å². The van der Waals surface area contributed by atoms with Crippen molar-refractivity contribution in [2.24, 2.45) is 11.8 Å². The third kappa shape index (κ3) is 4.33. The van der Waals surface area contributed by atoms with Gasteiger partial charge in [-0.1, -0.05) is 0 Å². The van der Waals surface area contributed by atoms with Crippen molar-refractivity contribution >= 4 is 24.3 Å². The first kappa shape index (κ1) is 19.3. The average molecular weight is 359 g/mol. The number of hydrogen-bond acceptors (Lipinski definition) is 3. The summed E-state index contributed by atoms with van der Waals surface area (Å²) in [6.07, 6.45) is 5.19. The SMILES string of the molecule is CNCC1CCN(C(=O)C2CCCN(C(=O)N3CCCC3)C2)C1.Cl. The Morgan fingerprint density at radius 2 is 1.62 bits per heavy atom. The number of carbonyl (C=O) groups excluding carboxylic acids is 2. The summed E-state index contributed by atoms with van der Waals surface area (Å²) in [5.74, 6) is 0.848. The van der Waals surface area contributed by atoms with Crippen LogP contribution in [0.5, 0.6) is 0 Å². The van der Waals surface area contributed by atoms with Gasteiger partial charge in [-0.3, -0.25) is 4.79 Å². The molecule has 2 atom stereocenters. The number of rotatable bonds is 3. The molecule has 3 aliphatic rings. The molecule has 3 amide bonds. The Bertz CT molecular complexity index is 442. The molecule has 1 N–H and O–H groups in total. The second-order valence-electron chi connectivity index (χ2n) is 7.26. The van der Waals surface area contributed by atoms with Crippen LogP contribution in [0.3, 0.4) is 0 Å². The molecule has 0 bridgehead atoms. The molecule has 3 rings (SSSR count). The first-order chi connectivity index (χ1) is 11.2. The van der Waals surface area contributed by atoms with E-state index in [9.17, 15) is 9.59 Å². The molecule has 138 valence electrons. The van der Waals surface area contributed by atoms with Crippen molar-refractivity contribution < 1.29 is 9.59 Å². The predicted molar refractivity (Wildman–Crippen MR) is 96.4 cm³/mol. The summed E-state index contributed by atoms with van der Waals surface area (Å²) in [5, 5.41) is 3.21. The van der Waals surface area contributed by atoms with E-state index in [1.807, 2.05) is 21.7 Å². The van der Waals surface area contributed by atoms with Crippen LogP contribution in [0.1, 0.15) is 32.1 Å². The molecule has 2 unspecified atom stereocenters. The van der Waals surface area contributed by atoms with Gasteiger partial charge in [-0.2, -0.15) is 0 Å². The first-order valence-corrected chi connectivity index (χ1v) is 9.16. The van der Waals surface area contributed by atoms with E-state index in [2.05, 4.69) is 5.32 Å². The molecule has 0 radical (unpaired) electrons. The molecule has 3 heterocycles. The number of carbonyl (C=O) groups is 2. The molecule has 7 heteroatoms. The van der Waals surface area contributed by atoms with E-state index in [1.165, 1.54) is 0 Å². The van der Waals surface area contributed by atoms with Gasteiger partial charge in [0, 0.05) is 39.3 Å². The molecule has 24 heavy (non-hydrogen) atoms. The van der Waals surface area contributed by atoms with Crippen LogP contribution < -0.4 is 5.32 Å². The number of nitrogens with one attached hydrogen (secondary N) is 1. The summed E-state index contributed by atoms with van der Waals surface area (Å²) in [5.41, 5.74) is 0. The van der Waals surface area contributed by atoms with Crippen LogP contribution in [-0.2, 0) is 4.79 Å². The van der Waals surface area contributed by atoms with Gasteiger partial charge in [-0.05, 0) is 51.6 Å². The van der Waals surface area contributed by atoms with Crippen LogP contribution in [0.15, 0.2) is 0 Å². The second-order valence-corrected chi connectivity index (χ2v) is 7.26. The molecule has 3 aliphatic heterocycles. The van der Waals surface area contributed by atoms with Crippen molar-refractivity contribution in [2.75, 3.05) is 52.9 Å². The number of halogens is 1. The largest absolute Gasteiger partial charge is 0.342 e. The molecule has 0 aromatic carbocycles. The van der Waals surface area contributed by atoms with Crippen LogP contribution in [0.2, 0.25) is 0 Å². The minimum atomic E-state index is 0. The van der Waals surface area contributed by atoms with Crippen molar-refractivity contribution in [3.63, 3.8) is 0 Å². The summed E-state index contributed by atoms with van der Waals surface area (Å²) in [4.78, 5) is 31.2. The number of hydrogen-bond donors (Lipinski definition) is 1. The van der Waals surface area contributed by atoms with E-state index in [0.717, 1.165) is 71.4 Å². The summed E-state index contributed by atoms with van der Waals surface area (Å²) in [6.45, 7) is 5.91. The minimum Gasteiger partial charge on any atom is -0.342 e. The zero-order valence-electron chi connectivity index (χ0n) is 14.7. The number of likely N-dealkylation sites (tertiary alicyclic amines) is 3. The molecule has 0 spiro atoms. The molecule has 3 fully saturated rings. The fourth-order valence-corrected chi connectivity index (χ4v) is 4.21. The third-order valence-electron chi connectivity index (χ3n) is 5.51. The Morgan fingerprint density at radius 3 is 2.33 bits per heavy atom. The maximum absolute atomic E-state index is 12.8. The van der Waals surface area contributed by atoms with Crippen LogP contribution in [0.4, 0.5) is 4.79 Å². The number of piperidine rings is 1. The van der Waals surface area contributed by atoms with Crippen LogP contribution in [-0.4, -0.2) is 79.5 Å². The zero-order valence-corrected chi connectivity index (χ0v) is 15.5. The van der Waals surface area contributed by atoms with Gasteiger partial charge in [0.15, 0.2) is 0 Å². The summed E-state index contributed by atoms with van der Waals surface area (Å²) >= 11 is 0. The molecule has 6 nitrogen and oxygen atoms in total. The zero-order chi connectivity index (χ0) is 16.2. The lowest BCUT2D eigenvalue weighted by Gasteiger charge is -2.36. The highest BCUT2D eigenvalue weighted by atomic mass is 35.5. The monoisotopic (exact) mass is 358 g/mol. The highest BCUT2D eigenvalue weighted by Crippen LogP contribution is 2.24. The Labute approximate surface area is 151 Å². The van der Waals surface area contributed by atoms with Crippen LogP contribution >= 0.6 is 12.4 Å². The lowest BCUT2D eigenvalue weighted by molar-refractivity contribution is -0.136.